The summed E-state index contributed by atoms with van der Waals surface area (Å²) in [6.07, 6.45) is 0.960. The van der Waals surface area contributed by atoms with E-state index in [1.54, 1.807) is 31.4 Å². The Hall–Kier alpha value is -2.74. The number of benzene rings is 2. The largest absolute Gasteiger partial charge is 0.496 e. The summed E-state index contributed by atoms with van der Waals surface area (Å²) >= 11 is 0. The molecule has 8 heteroatoms. The molecule has 0 aliphatic heterocycles. The third-order valence-corrected chi connectivity index (χ3v) is 6.91. The zero-order chi connectivity index (χ0) is 24.9. The van der Waals surface area contributed by atoms with Crippen molar-refractivity contribution in [3.05, 3.63) is 53.1 Å². The highest BCUT2D eigenvalue weighted by molar-refractivity contribution is 7.92. The summed E-state index contributed by atoms with van der Waals surface area (Å²) in [7, 11) is -0.192. The van der Waals surface area contributed by atoms with Crippen LogP contribution in [0, 0.1) is 6.92 Å². The van der Waals surface area contributed by atoms with Gasteiger partial charge in [0, 0.05) is 7.05 Å². The highest BCUT2D eigenvalue weighted by Gasteiger charge is 2.23. The van der Waals surface area contributed by atoms with Crippen LogP contribution in [-0.4, -0.2) is 40.8 Å². The van der Waals surface area contributed by atoms with Crippen LogP contribution in [0.3, 0.4) is 0 Å². The van der Waals surface area contributed by atoms with E-state index in [4.69, 9.17) is 9.47 Å². The van der Waals surface area contributed by atoms with Crippen LogP contribution in [0.15, 0.2) is 36.4 Å². The van der Waals surface area contributed by atoms with Crippen molar-refractivity contribution in [3.8, 4) is 11.5 Å². The second kappa shape index (κ2) is 10.9. The van der Waals surface area contributed by atoms with E-state index in [0.717, 1.165) is 28.7 Å². The molecule has 1 N–H and O–H groups in total. The minimum Gasteiger partial charge on any atom is -0.496 e. The fraction of sp³-hybridized carbons (Fsp3) is 0.480. The highest BCUT2D eigenvalue weighted by Crippen LogP contribution is 2.32. The maximum atomic E-state index is 13.0. The van der Waals surface area contributed by atoms with Gasteiger partial charge in [-0.2, -0.15) is 0 Å². The van der Waals surface area contributed by atoms with Gasteiger partial charge in [-0.25, -0.2) is 8.42 Å². The van der Waals surface area contributed by atoms with Crippen LogP contribution in [0.1, 0.15) is 62.8 Å². The van der Waals surface area contributed by atoms with Gasteiger partial charge in [0.25, 0.3) is 5.91 Å². The first-order valence-electron chi connectivity index (χ1n) is 11.1. The zero-order valence-electron chi connectivity index (χ0n) is 20.8. The van der Waals surface area contributed by atoms with Crippen molar-refractivity contribution in [2.24, 2.45) is 0 Å². The van der Waals surface area contributed by atoms with Crippen LogP contribution in [0.2, 0.25) is 0 Å². The molecule has 33 heavy (non-hydrogen) atoms. The molecule has 2 rings (SSSR count). The number of rotatable bonds is 10. The molecular weight excluding hydrogens is 440 g/mol. The normalized spacial score (nSPS) is 13.4. The summed E-state index contributed by atoms with van der Waals surface area (Å²) in [6.45, 7) is 10.1. The molecular formula is C25H36N2O5S. The van der Waals surface area contributed by atoms with Crippen molar-refractivity contribution in [2.75, 3.05) is 24.7 Å². The Labute approximate surface area is 198 Å². The highest BCUT2D eigenvalue weighted by atomic mass is 32.2. The topological polar surface area (TPSA) is 84.9 Å². The Kier molecular flexibility index (Phi) is 8.77. The van der Waals surface area contributed by atoms with E-state index in [1.165, 1.54) is 11.4 Å². The molecule has 0 aromatic heterocycles. The van der Waals surface area contributed by atoms with E-state index >= 15 is 0 Å². The molecule has 0 aliphatic rings. The predicted octanol–water partition coefficient (Wildman–Crippen LogP) is 4.56. The van der Waals surface area contributed by atoms with E-state index in [9.17, 15) is 13.2 Å². The van der Waals surface area contributed by atoms with Crippen LogP contribution in [-0.2, 0) is 14.8 Å². The van der Waals surface area contributed by atoms with E-state index in [0.29, 0.717) is 23.8 Å². The number of nitrogens with zero attached hydrogens (tertiary/aromatic N) is 1. The van der Waals surface area contributed by atoms with Crippen LogP contribution in [0.25, 0.3) is 0 Å². The third-order valence-electron chi connectivity index (χ3n) is 5.71. The Balaban J connectivity index is 2.14. The lowest BCUT2D eigenvalue weighted by Crippen LogP contribution is -2.39. The molecule has 0 saturated carbocycles. The summed E-state index contributed by atoms with van der Waals surface area (Å²) < 4.78 is 36.0. The van der Waals surface area contributed by atoms with Gasteiger partial charge in [-0.3, -0.25) is 9.10 Å². The number of anilines is 1. The van der Waals surface area contributed by atoms with Gasteiger partial charge in [-0.15, -0.1) is 0 Å². The SMILES string of the molecule is CC[C@H](Oc1ccc(N(C)S(C)(=O)=O)cc1)C(=O)N[C@@H](C)c1cc(C(C)C)c(OC)cc1C. The van der Waals surface area contributed by atoms with Crippen LogP contribution >= 0.6 is 0 Å². The maximum Gasteiger partial charge on any atom is 0.261 e. The minimum absolute atomic E-state index is 0.204. The molecule has 0 fully saturated rings. The number of ether oxygens (including phenoxy) is 2. The molecule has 0 heterocycles. The first-order chi connectivity index (χ1) is 15.4. The van der Waals surface area contributed by atoms with Crippen molar-refractivity contribution in [2.45, 2.75) is 59.1 Å². The Morgan fingerprint density at radius 2 is 1.70 bits per heavy atom. The number of hydrogen-bond donors (Lipinski definition) is 1. The van der Waals surface area contributed by atoms with Gasteiger partial charge < -0.3 is 14.8 Å². The summed E-state index contributed by atoms with van der Waals surface area (Å²) in [6, 6.07) is 10.5. The van der Waals surface area contributed by atoms with Crippen molar-refractivity contribution in [3.63, 3.8) is 0 Å². The molecule has 2 aromatic carbocycles. The monoisotopic (exact) mass is 476 g/mol. The Morgan fingerprint density at radius 3 is 2.18 bits per heavy atom. The van der Waals surface area contributed by atoms with Crippen molar-refractivity contribution in [1.82, 2.24) is 5.32 Å². The van der Waals surface area contributed by atoms with Crippen molar-refractivity contribution in [1.29, 1.82) is 0 Å². The number of aryl methyl sites for hydroxylation is 1. The van der Waals surface area contributed by atoms with E-state index < -0.39 is 16.1 Å². The first kappa shape index (κ1) is 26.5. The molecule has 182 valence electrons. The number of methoxy groups -OCH3 is 1. The van der Waals surface area contributed by atoms with Crippen LogP contribution in [0.4, 0.5) is 5.69 Å². The van der Waals surface area contributed by atoms with Gasteiger partial charge in [-0.1, -0.05) is 20.8 Å². The lowest BCUT2D eigenvalue weighted by atomic mass is 9.93. The Bertz CT molecular complexity index is 1060. The van der Waals surface area contributed by atoms with Gasteiger partial charge >= 0.3 is 0 Å². The quantitative estimate of drug-likeness (QED) is 0.543. The smallest absolute Gasteiger partial charge is 0.261 e. The van der Waals surface area contributed by atoms with E-state index in [1.807, 2.05) is 26.8 Å². The molecule has 7 nitrogen and oxygen atoms in total. The van der Waals surface area contributed by atoms with E-state index in [2.05, 4.69) is 25.2 Å². The van der Waals surface area contributed by atoms with Gasteiger partial charge in [0.1, 0.15) is 11.5 Å². The number of hydrogen-bond acceptors (Lipinski definition) is 5. The van der Waals surface area contributed by atoms with Crippen LogP contribution in [0.5, 0.6) is 11.5 Å². The number of carbonyl (C=O) groups is 1. The van der Waals surface area contributed by atoms with Gasteiger partial charge in [0.15, 0.2) is 6.10 Å². The summed E-state index contributed by atoms with van der Waals surface area (Å²) in [4.78, 5) is 13.0. The molecule has 0 spiro atoms. The molecule has 0 saturated heterocycles. The van der Waals surface area contributed by atoms with Gasteiger partial charge in [-0.05, 0) is 79.3 Å². The van der Waals surface area contributed by atoms with Gasteiger partial charge in [0.05, 0.1) is 25.1 Å². The second-order valence-electron chi connectivity index (χ2n) is 8.57. The number of nitrogens with one attached hydrogen (secondary N) is 1. The average Bonchev–Trinajstić information content (AvgIpc) is 2.75. The Morgan fingerprint density at radius 1 is 1.09 bits per heavy atom. The molecule has 2 atom stereocenters. The fourth-order valence-corrected chi connectivity index (χ4v) is 4.11. The molecule has 0 unspecified atom stereocenters. The van der Waals surface area contributed by atoms with Gasteiger partial charge in [0.2, 0.25) is 10.0 Å². The standard InChI is InChI=1S/C25H36N2O5S/c1-9-23(32-20-12-10-19(11-13-20)27(6)33(8,29)30)25(28)26-18(5)22-15-21(16(2)3)24(31-7)14-17(22)4/h10-16,18,23H,9H2,1-8H3,(H,26,28)/t18-,23-/m0/s1. The first-order valence-corrected chi connectivity index (χ1v) is 12.9. The minimum atomic E-state index is -3.35. The second-order valence-corrected chi connectivity index (χ2v) is 10.6. The number of carbonyl (C=O) groups excluding carboxylic acids is 1. The van der Waals surface area contributed by atoms with Crippen LogP contribution < -0.4 is 19.1 Å². The van der Waals surface area contributed by atoms with Crippen molar-refractivity contribution >= 4 is 21.6 Å². The molecule has 0 bridgehead atoms. The summed E-state index contributed by atoms with van der Waals surface area (Å²) in [5.74, 6) is 1.44. The fourth-order valence-electron chi connectivity index (χ4n) is 3.61. The lowest BCUT2D eigenvalue weighted by molar-refractivity contribution is -0.128. The molecule has 1 amide bonds. The van der Waals surface area contributed by atoms with Crippen molar-refractivity contribution < 1.29 is 22.7 Å². The predicted molar refractivity (Wildman–Crippen MR) is 133 cm³/mol. The number of amides is 1. The molecule has 0 radical (unpaired) electrons. The number of sulfonamides is 1. The average molecular weight is 477 g/mol. The third kappa shape index (κ3) is 6.63. The van der Waals surface area contributed by atoms with E-state index in [-0.39, 0.29) is 11.9 Å². The molecule has 0 aliphatic carbocycles. The maximum absolute atomic E-state index is 13.0. The summed E-state index contributed by atoms with van der Waals surface area (Å²) in [5, 5.41) is 3.07. The lowest BCUT2D eigenvalue weighted by Gasteiger charge is -2.24. The summed E-state index contributed by atoms with van der Waals surface area (Å²) in [5.41, 5.74) is 3.70. The zero-order valence-corrected chi connectivity index (χ0v) is 21.6. The molecule has 2 aromatic rings.